The summed E-state index contributed by atoms with van der Waals surface area (Å²) in [7, 11) is -2.31. The quantitative estimate of drug-likeness (QED) is 0.560. The summed E-state index contributed by atoms with van der Waals surface area (Å²) in [6.07, 6.45) is 5.76. The summed E-state index contributed by atoms with van der Waals surface area (Å²) in [5, 5.41) is 7.66. The molecule has 0 saturated heterocycles. The Hall–Kier alpha value is -2.84. The van der Waals surface area contributed by atoms with Crippen molar-refractivity contribution < 1.29 is 13.2 Å². The Morgan fingerprint density at radius 3 is 2.53 bits per heavy atom. The maximum atomic E-state index is 13.5. The Balaban J connectivity index is 1.69. The number of carbonyl (C=O) groups is 1. The van der Waals surface area contributed by atoms with Gasteiger partial charge in [0.2, 0.25) is 0 Å². The van der Waals surface area contributed by atoms with Crippen molar-refractivity contribution in [1.82, 2.24) is 15.1 Å². The number of aromatic nitrogens is 2. The van der Waals surface area contributed by atoms with E-state index in [1.54, 1.807) is 61.8 Å². The lowest BCUT2D eigenvalue weighted by Gasteiger charge is -2.24. The molecule has 1 N–H and O–H groups in total. The number of amides is 1. The van der Waals surface area contributed by atoms with Crippen LogP contribution in [0.4, 0.5) is 5.69 Å². The summed E-state index contributed by atoms with van der Waals surface area (Å²) in [6.45, 7) is 0.0732. The van der Waals surface area contributed by atoms with E-state index < -0.39 is 10.0 Å². The molecule has 0 spiro atoms. The zero-order valence-electron chi connectivity index (χ0n) is 17.7. The number of anilines is 1. The van der Waals surface area contributed by atoms with E-state index in [2.05, 4.69) is 10.4 Å². The number of aryl methyl sites for hydroxylation is 1. The van der Waals surface area contributed by atoms with Crippen LogP contribution in [0.2, 0.25) is 5.02 Å². The van der Waals surface area contributed by atoms with Crippen molar-refractivity contribution in [3.8, 4) is 0 Å². The largest absolute Gasteiger partial charge is 0.349 e. The van der Waals surface area contributed by atoms with Gasteiger partial charge in [0.25, 0.3) is 15.9 Å². The van der Waals surface area contributed by atoms with E-state index in [-0.39, 0.29) is 23.5 Å². The minimum absolute atomic E-state index is 0.0604. The Labute approximate surface area is 193 Å². The molecule has 0 bridgehead atoms. The molecular weight excluding hydrogens is 448 g/mol. The van der Waals surface area contributed by atoms with Crippen LogP contribution in [0.15, 0.2) is 65.8 Å². The van der Waals surface area contributed by atoms with Crippen LogP contribution < -0.4 is 9.62 Å². The van der Waals surface area contributed by atoms with Gasteiger partial charge in [0.15, 0.2) is 5.03 Å². The van der Waals surface area contributed by atoms with Crippen molar-refractivity contribution in [3.05, 3.63) is 76.9 Å². The van der Waals surface area contributed by atoms with E-state index in [1.165, 1.54) is 15.1 Å². The SMILES string of the molecule is Cn1ccc(S(=O)(=O)N(Cc2ccc(Cl)cc2)c2cccc(C(=O)NC3CCCC3)c2)n1. The predicted molar refractivity (Wildman–Crippen MR) is 124 cm³/mol. The number of hydrogen-bond acceptors (Lipinski definition) is 4. The third-order valence-electron chi connectivity index (χ3n) is 5.57. The van der Waals surface area contributed by atoms with Gasteiger partial charge in [0, 0.05) is 29.9 Å². The molecule has 0 radical (unpaired) electrons. The molecule has 1 aliphatic rings. The summed E-state index contributed by atoms with van der Waals surface area (Å²) in [6, 6.07) is 15.3. The van der Waals surface area contributed by atoms with Crippen LogP contribution in [0, 0.1) is 0 Å². The van der Waals surface area contributed by atoms with E-state index in [9.17, 15) is 13.2 Å². The van der Waals surface area contributed by atoms with E-state index in [0.717, 1.165) is 31.2 Å². The molecule has 4 rings (SSSR count). The second-order valence-corrected chi connectivity index (χ2v) is 10.2. The molecule has 1 aromatic heterocycles. The molecule has 1 saturated carbocycles. The van der Waals surface area contributed by atoms with Crippen LogP contribution in [0.3, 0.4) is 0 Å². The number of nitrogens with one attached hydrogen (secondary N) is 1. The van der Waals surface area contributed by atoms with Gasteiger partial charge in [0.05, 0.1) is 12.2 Å². The minimum atomic E-state index is -3.97. The molecule has 32 heavy (non-hydrogen) atoms. The highest BCUT2D eigenvalue weighted by molar-refractivity contribution is 7.92. The molecule has 1 heterocycles. The topological polar surface area (TPSA) is 84.3 Å². The molecule has 7 nitrogen and oxygen atoms in total. The molecule has 168 valence electrons. The van der Waals surface area contributed by atoms with Crippen molar-refractivity contribution in [2.75, 3.05) is 4.31 Å². The van der Waals surface area contributed by atoms with Gasteiger partial charge in [-0.3, -0.25) is 13.8 Å². The molecule has 1 amide bonds. The lowest BCUT2D eigenvalue weighted by Crippen LogP contribution is -2.33. The maximum Gasteiger partial charge on any atom is 0.283 e. The molecule has 2 aromatic carbocycles. The molecule has 0 aliphatic heterocycles. The summed E-state index contributed by atoms with van der Waals surface area (Å²) >= 11 is 5.99. The number of rotatable bonds is 7. The number of hydrogen-bond donors (Lipinski definition) is 1. The molecule has 0 unspecified atom stereocenters. The van der Waals surface area contributed by atoms with Gasteiger partial charge in [-0.25, -0.2) is 0 Å². The molecular formula is C23H25ClN4O3S. The maximum absolute atomic E-state index is 13.5. The lowest BCUT2D eigenvalue weighted by molar-refractivity contribution is 0.0938. The highest BCUT2D eigenvalue weighted by Gasteiger charge is 2.28. The standard InChI is InChI=1S/C23H25ClN4O3S/c1-27-14-13-22(26-27)32(30,31)28(16-17-9-11-19(24)12-10-17)21-8-4-5-18(15-21)23(29)25-20-6-2-3-7-20/h4-5,8-15,20H,2-3,6-7,16H2,1H3,(H,25,29). The fraction of sp³-hybridized carbons (Fsp3) is 0.304. The van der Waals surface area contributed by atoms with Crippen LogP contribution in [0.1, 0.15) is 41.6 Å². The molecule has 3 aromatic rings. The Kier molecular flexibility index (Phi) is 6.53. The number of carbonyl (C=O) groups excluding carboxylic acids is 1. The van der Waals surface area contributed by atoms with Gasteiger partial charge in [-0.2, -0.15) is 13.5 Å². The second-order valence-electron chi connectivity index (χ2n) is 7.97. The van der Waals surface area contributed by atoms with Gasteiger partial charge in [-0.1, -0.05) is 42.6 Å². The zero-order valence-corrected chi connectivity index (χ0v) is 19.3. The van der Waals surface area contributed by atoms with Gasteiger partial charge in [0.1, 0.15) is 0 Å². The lowest BCUT2D eigenvalue weighted by atomic mass is 10.1. The second kappa shape index (κ2) is 9.34. The first-order chi connectivity index (χ1) is 15.3. The Bertz CT molecular complexity index is 1200. The number of benzene rings is 2. The Morgan fingerprint density at radius 2 is 1.88 bits per heavy atom. The Morgan fingerprint density at radius 1 is 1.16 bits per heavy atom. The predicted octanol–water partition coefficient (Wildman–Crippen LogP) is 4.14. The van der Waals surface area contributed by atoms with Crippen molar-refractivity contribution in [1.29, 1.82) is 0 Å². The first-order valence-corrected chi connectivity index (χ1v) is 12.3. The minimum Gasteiger partial charge on any atom is -0.349 e. The van der Waals surface area contributed by atoms with Crippen LogP contribution in [-0.4, -0.2) is 30.1 Å². The van der Waals surface area contributed by atoms with E-state index >= 15 is 0 Å². The molecule has 9 heteroatoms. The van der Waals surface area contributed by atoms with Gasteiger partial charge < -0.3 is 5.32 Å². The summed E-state index contributed by atoms with van der Waals surface area (Å²) in [5.74, 6) is -0.194. The fourth-order valence-electron chi connectivity index (χ4n) is 3.86. The van der Waals surface area contributed by atoms with Gasteiger partial charge in [-0.05, 0) is 54.8 Å². The highest BCUT2D eigenvalue weighted by Crippen LogP contribution is 2.27. The monoisotopic (exact) mass is 472 g/mol. The molecule has 0 atom stereocenters. The third kappa shape index (κ3) is 4.97. The van der Waals surface area contributed by atoms with E-state index in [0.29, 0.717) is 16.3 Å². The van der Waals surface area contributed by atoms with Crippen molar-refractivity contribution in [2.45, 2.75) is 43.3 Å². The zero-order chi connectivity index (χ0) is 22.7. The summed E-state index contributed by atoms with van der Waals surface area (Å²) in [4.78, 5) is 12.8. The number of nitrogens with zero attached hydrogens (tertiary/aromatic N) is 3. The van der Waals surface area contributed by atoms with E-state index in [1.807, 2.05) is 0 Å². The first kappa shape index (κ1) is 22.4. The van der Waals surface area contributed by atoms with Crippen LogP contribution >= 0.6 is 11.6 Å². The summed E-state index contributed by atoms with van der Waals surface area (Å²) in [5.41, 5.74) is 1.58. The van der Waals surface area contributed by atoms with Crippen LogP contribution in [0.5, 0.6) is 0 Å². The smallest absolute Gasteiger partial charge is 0.283 e. The molecule has 1 fully saturated rings. The van der Waals surface area contributed by atoms with Crippen molar-refractivity contribution in [3.63, 3.8) is 0 Å². The normalized spacial score (nSPS) is 14.4. The van der Waals surface area contributed by atoms with E-state index in [4.69, 9.17) is 11.6 Å². The van der Waals surface area contributed by atoms with Crippen LogP contribution in [-0.2, 0) is 23.6 Å². The van der Waals surface area contributed by atoms with Crippen molar-refractivity contribution >= 4 is 33.2 Å². The van der Waals surface area contributed by atoms with Gasteiger partial charge >= 0.3 is 0 Å². The first-order valence-electron chi connectivity index (χ1n) is 10.5. The third-order valence-corrected chi connectivity index (χ3v) is 7.49. The highest BCUT2D eigenvalue weighted by atomic mass is 35.5. The van der Waals surface area contributed by atoms with Crippen molar-refractivity contribution in [2.24, 2.45) is 7.05 Å². The number of sulfonamides is 1. The molecule has 1 aliphatic carbocycles. The average Bonchev–Trinajstić information content (AvgIpc) is 3.45. The average molecular weight is 473 g/mol. The fourth-order valence-corrected chi connectivity index (χ4v) is 5.38. The summed E-state index contributed by atoms with van der Waals surface area (Å²) < 4.78 is 29.7. The number of halogens is 1. The van der Waals surface area contributed by atoms with Gasteiger partial charge in [-0.15, -0.1) is 0 Å². The van der Waals surface area contributed by atoms with Crippen LogP contribution in [0.25, 0.3) is 0 Å².